The van der Waals surface area contributed by atoms with E-state index in [2.05, 4.69) is 26.6 Å². The van der Waals surface area contributed by atoms with Gasteiger partial charge in [0.05, 0.1) is 4.92 Å². The van der Waals surface area contributed by atoms with Crippen LogP contribution in [0.1, 0.15) is 11.1 Å². The molecule has 0 bridgehead atoms. The Balaban J connectivity index is 1.81. The number of nitro groups is 1. The number of benzene rings is 2. The fourth-order valence-electron chi connectivity index (χ4n) is 2.11. The third-order valence-electron chi connectivity index (χ3n) is 3.34. The summed E-state index contributed by atoms with van der Waals surface area (Å²) >= 11 is 0. The van der Waals surface area contributed by atoms with E-state index < -0.39 is 4.92 Å². The minimum absolute atomic E-state index is 0.00369. The van der Waals surface area contributed by atoms with Crippen molar-refractivity contribution in [1.29, 1.82) is 5.26 Å². The summed E-state index contributed by atoms with van der Waals surface area (Å²) in [7, 11) is 0. The smallest absolute Gasteiger partial charge is 0.269 e. The summed E-state index contributed by atoms with van der Waals surface area (Å²) in [6.45, 7) is 0. The zero-order valence-corrected chi connectivity index (χ0v) is 12.9. The Morgan fingerprint density at radius 2 is 1.92 bits per heavy atom. The van der Waals surface area contributed by atoms with Gasteiger partial charge in [0, 0.05) is 24.0 Å². The summed E-state index contributed by atoms with van der Waals surface area (Å²) in [5, 5.41) is 29.9. The van der Waals surface area contributed by atoms with Gasteiger partial charge in [0.2, 0.25) is 0 Å². The van der Waals surface area contributed by atoms with Gasteiger partial charge in [-0.05, 0) is 29.8 Å². The van der Waals surface area contributed by atoms with Gasteiger partial charge in [0.25, 0.3) is 5.69 Å². The van der Waals surface area contributed by atoms with Gasteiger partial charge in [-0.15, -0.1) is 0 Å². The van der Waals surface area contributed by atoms with E-state index in [0.29, 0.717) is 11.4 Å². The molecule has 0 fully saturated rings. The quantitative estimate of drug-likeness (QED) is 0.419. The first kappa shape index (κ1) is 15.9. The number of aromatic amines is 1. The average Bonchev–Trinajstić information content (AvgIpc) is 3.02. The number of hydrogen-bond acceptors (Lipinski definition) is 6. The fraction of sp³-hybridized carbons (Fsp3) is 0. The molecule has 0 radical (unpaired) electrons. The molecule has 2 N–H and O–H groups in total. The lowest BCUT2D eigenvalue weighted by Gasteiger charge is -2.02. The normalized spacial score (nSPS) is 10.5. The van der Waals surface area contributed by atoms with Gasteiger partial charge < -0.3 is 5.32 Å². The second-order valence-corrected chi connectivity index (χ2v) is 5.01. The number of anilines is 2. The van der Waals surface area contributed by atoms with Crippen LogP contribution >= 0.6 is 0 Å². The number of aromatic nitrogens is 2. The van der Waals surface area contributed by atoms with Crippen LogP contribution in [0.4, 0.5) is 23.0 Å². The largest absolute Gasteiger partial charge is 0.339 e. The first-order chi connectivity index (χ1) is 12.2. The summed E-state index contributed by atoms with van der Waals surface area (Å²) in [6, 6.07) is 17.4. The molecular formula is C17H12N6O2. The van der Waals surface area contributed by atoms with Crippen LogP contribution in [0.25, 0.3) is 0 Å². The number of rotatable bonds is 5. The van der Waals surface area contributed by atoms with E-state index in [1.54, 1.807) is 12.1 Å². The number of H-pyrrole nitrogens is 1. The number of nitrogens with one attached hydrogen (secondary N) is 2. The standard InChI is InChI=1S/C17H12N6O2/c18-10-15-16(19-11-12-6-8-14(9-7-12)23(24)25)21-22-17(15)20-13-4-2-1-3-5-13/h1-9,11H,(H2,20,21,22). The molecule has 8 nitrogen and oxygen atoms in total. The molecule has 0 aliphatic rings. The van der Waals surface area contributed by atoms with Crippen LogP contribution in [0.5, 0.6) is 0 Å². The van der Waals surface area contributed by atoms with Gasteiger partial charge in [-0.25, -0.2) is 4.99 Å². The Labute approximate surface area is 142 Å². The van der Waals surface area contributed by atoms with Gasteiger partial charge in [-0.2, -0.15) is 10.4 Å². The molecule has 1 heterocycles. The van der Waals surface area contributed by atoms with Crippen LogP contribution in [0.2, 0.25) is 0 Å². The lowest BCUT2D eigenvalue weighted by Crippen LogP contribution is -1.92. The third-order valence-corrected chi connectivity index (χ3v) is 3.34. The maximum Gasteiger partial charge on any atom is 0.269 e. The van der Waals surface area contributed by atoms with Crippen LogP contribution in [-0.2, 0) is 0 Å². The van der Waals surface area contributed by atoms with Gasteiger partial charge in [0.1, 0.15) is 17.5 Å². The van der Waals surface area contributed by atoms with E-state index in [1.807, 2.05) is 30.3 Å². The van der Waals surface area contributed by atoms with Crippen molar-refractivity contribution >= 4 is 29.2 Å². The van der Waals surface area contributed by atoms with Crippen LogP contribution in [-0.4, -0.2) is 21.3 Å². The molecule has 8 heteroatoms. The van der Waals surface area contributed by atoms with E-state index in [0.717, 1.165) is 5.69 Å². The molecule has 0 saturated carbocycles. The van der Waals surface area contributed by atoms with Crippen molar-refractivity contribution in [3.05, 3.63) is 75.8 Å². The second kappa shape index (κ2) is 7.06. The van der Waals surface area contributed by atoms with Crippen LogP contribution < -0.4 is 5.32 Å². The molecule has 0 aliphatic carbocycles. The summed E-state index contributed by atoms with van der Waals surface area (Å²) in [5.41, 5.74) is 1.76. The number of non-ortho nitro benzene ring substituents is 1. The van der Waals surface area contributed by atoms with Crippen LogP contribution in [0.15, 0.2) is 59.6 Å². The van der Waals surface area contributed by atoms with Crippen molar-refractivity contribution in [3.8, 4) is 6.07 Å². The first-order valence-corrected chi connectivity index (χ1v) is 7.26. The zero-order chi connectivity index (χ0) is 17.6. The molecule has 3 aromatic rings. The van der Waals surface area contributed by atoms with E-state index in [4.69, 9.17) is 0 Å². The molecule has 0 aliphatic heterocycles. The van der Waals surface area contributed by atoms with E-state index in [-0.39, 0.29) is 17.1 Å². The maximum atomic E-state index is 10.6. The minimum Gasteiger partial charge on any atom is -0.339 e. The summed E-state index contributed by atoms with van der Waals surface area (Å²) in [6.07, 6.45) is 1.49. The summed E-state index contributed by atoms with van der Waals surface area (Å²) in [5.74, 6) is 0.684. The SMILES string of the molecule is N#Cc1c(N=Cc2ccc([N+](=O)[O-])cc2)n[nH]c1Nc1ccccc1. The van der Waals surface area contributed by atoms with Gasteiger partial charge >= 0.3 is 0 Å². The highest BCUT2D eigenvalue weighted by Gasteiger charge is 2.12. The lowest BCUT2D eigenvalue weighted by molar-refractivity contribution is -0.384. The van der Waals surface area contributed by atoms with E-state index in [1.165, 1.54) is 18.3 Å². The van der Waals surface area contributed by atoms with Gasteiger partial charge in [0.15, 0.2) is 5.82 Å². The van der Waals surface area contributed by atoms with Crippen molar-refractivity contribution in [2.45, 2.75) is 0 Å². The van der Waals surface area contributed by atoms with Gasteiger partial charge in [-0.1, -0.05) is 18.2 Å². The molecule has 0 unspecified atom stereocenters. The van der Waals surface area contributed by atoms with Crippen molar-refractivity contribution in [2.24, 2.45) is 4.99 Å². The number of nitrogens with zero attached hydrogens (tertiary/aromatic N) is 4. The van der Waals surface area contributed by atoms with Crippen molar-refractivity contribution in [2.75, 3.05) is 5.32 Å². The van der Waals surface area contributed by atoms with Gasteiger partial charge in [-0.3, -0.25) is 15.2 Å². The highest BCUT2D eigenvalue weighted by Crippen LogP contribution is 2.25. The van der Waals surface area contributed by atoms with Crippen LogP contribution in [0, 0.1) is 21.4 Å². The highest BCUT2D eigenvalue weighted by atomic mass is 16.6. The Morgan fingerprint density at radius 1 is 1.20 bits per heavy atom. The number of nitro benzene ring substituents is 1. The number of aliphatic imine (C=N–C) groups is 1. The zero-order valence-electron chi connectivity index (χ0n) is 12.9. The maximum absolute atomic E-state index is 10.6. The summed E-state index contributed by atoms with van der Waals surface area (Å²) < 4.78 is 0. The number of hydrogen-bond donors (Lipinski definition) is 2. The first-order valence-electron chi connectivity index (χ1n) is 7.26. The molecule has 1 aromatic heterocycles. The molecule has 0 amide bonds. The lowest BCUT2D eigenvalue weighted by atomic mass is 10.2. The van der Waals surface area contributed by atoms with E-state index in [9.17, 15) is 15.4 Å². The highest BCUT2D eigenvalue weighted by molar-refractivity contribution is 5.83. The molecular weight excluding hydrogens is 320 g/mol. The third kappa shape index (κ3) is 3.68. The monoisotopic (exact) mass is 332 g/mol. The van der Waals surface area contributed by atoms with Crippen LogP contribution in [0.3, 0.4) is 0 Å². The van der Waals surface area contributed by atoms with Crippen molar-refractivity contribution in [1.82, 2.24) is 10.2 Å². The molecule has 3 rings (SSSR count). The number of para-hydroxylation sites is 1. The molecule has 0 atom stereocenters. The fourth-order valence-corrected chi connectivity index (χ4v) is 2.11. The van der Waals surface area contributed by atoms with E-state index >= 15 is 0 Å². The topological polar surface area (TPSA) is 120 Å². The predicted molar refractivity (Wildman–Crippen MR) is 93.4 cm³/mol. The molecule has 122 valence electrons. The minimum atomic E-state index is -0.468. The van der Waals surface area contributed by atoms with Crippen molar-refractivity contribution < 1.29 is 4.92 Å². The second-order valence-electron chi connectivity index (χ2n) is 5.01. The Morgan fingerprint density at radius 3 is 2.56 bits per heavy atom. The summed E-state index contributed by atoms with van der Waals surface area (Å²) in [4.78, 5) is 14.4. The van der Waals surface area contributed by atoms with Crippen molar-refractivity contribution in [3.63, 3.8) is 0 Å². The molecule has 2 aromatic carbocycles. The Hall–Kier alpha value is -3.99. The Bertz CT molecular complexity index is 955. The molecule has 0 spiro atoms. The predicted octanol–water partition coefficient (Wildman–Crippen LogP) is 3.68. The number of nitriles is 1. The Kier molecular flexibility index (Phi) is 4.49. The molecule has 25 heavy (non-hydrogen) atoms. The molecule has 0 saturated heterocycles. The average molecular weight is 332 g/mol.